The van der Waals surface area contributed by atoms with Crippen LogP contribution in [0.2, 0.25) is 0 Å². The van der Waals surface area contributed by atoms with Gasteiger partial charge in [0.05, 0.1) is 4.92 Å². The Morgan fingerprint density at radius 1 is 1.53 bits per heavy atom. The molecule has 17 heavy (non-hydrogen) atoms. The largest absolute Gasteiger partial charge is 0.354 e. The average molecular weight is 236 g/mol. The minimum atomic E-state index is -0.432. The maximum Gasteiger partial charge on any atom is 0.287 e. The Bertz CT molecular complexity index is 416. The molecule has 1 N–H and O–H groups in total. The topological polar surface area (TPSA) is 71.3 Å². The van der Waals surface area contributed by atoms with Crippen LogP contribution in [0, 0.1) is 10.1 Å². The Hall–Kier alpha value is -1.69. The highest BCUT2D eigenvalue weighted by Crippen LogP contribution is 2.19. The highest BCUT2D eigenvalue weighted by Gasteiger charge is 2.26. The SMILES string of the molecule is CC1(C)CN(c2ccc([N+](=O)[O-])cn2)CCN1. The molecule has 2 heterocycles. The van der Waals surface area contributed by atoms with Crippen molar-refractivity contribution in [2.75, 3.05) is 24.5 Å². The molecule has 1 aliphatic heterocycles. The van der Waals surface area contributed by atoms with E-state index < -0.39 is 4.92 Å². The second-order valence-corrected chi connectivity index (χ2v) is 4.86. The van der Waals surface area contributed by atoms with Gasteiger partial charge in [-0.05, 0) is 19.9 Å². The normalized spacial score (nSPS) is 19.1. The second kappa shape index (κ2) is 4.29. The molecule has 92 valence electrons. The molecule has 6 nitrogen and oxygen atoms in total. The van der Waals surface area contributed by atoms with E-state index in [1.165, 1.54) is 12.3 Å². The minimum Gasteiger partial charge on any atom is -0.354 e. The lowest BCUT2D eigenvalue weighted by atomic mass is 10.0. The third kappa shape index (κ3) is 2.71. The number of nitrogens with zero attached hydrogens (tertiary/aromatic N) is 3. The van der Waals surface area contributed by atoms with Crippen LogP contribution in [-0.2, 0) is 0 Å². The van der Waals surface area contributed by atoms with E-state index in [0.29, 0.717) is 0 Å². The number of nitro groups is 1. The first-order valence-corrected chi connectivity index (χ1v) is 5.58. The van der Waals surface area contributed by atoms with E-state index >= 15 is 0 Å². The Morgan fingerprint density at radius 2 is 2.29 bits per heavy atom. The van der Waals surface area contributed by atoms with E-state index in [1.54, 1.807) is 6.07 Å². The zero-order chi connectivity index (χ0) is 12.5. The van der Waals surface area contributed by atoms with Crippen LogP contribution >= 0.6 is 0 Å². The number of nitrogens with one attached hydrogen (secondary N) is 1. The van der Waals surface area contributed by atoms with E-state index in [4.69, 9.17) is 0 Å². The first kappa shape index (κ1) is 11.8. The summed E-state index contributed by atoms with van der Waals surface area (Å²) in [7, 11) is 0. The van der Waals surface area contributed by atoms with Crippen LogP contribution in [-0.4, -0.2) is 35.1 Å². The van der Waals surface area contributed by atoms with Crippen molar-refractivity contribution in [3.63, 3.8) is 0 Å². The second-order valence-electron chi connectivity index (χ2n) is 4.86. The molecule has 0 unspecified atom stereocenters. The fourth-order valence-electron chi connectivity index (χ4n) is 2.01. The third-order valence-electron chi connectivity index (χ3n) is 2.84. The van der Waals surface area contributed by atoms with Crippen molar-refractivity contribution in [1.29, 1.82) is 0 Å². The molecule has 0 amide bonds. The monoisotopic (exact) mass is 236 g/mol. The molecule has 1 saturated heterocycles. The molecule has 6 heteroatoms. The van der Waals surface area contributed by atoms with E-state index in [-0.39, 0.29) is 11.2 Å². The summed E-state index contributed by atoms with van der Waals surface area (Å²) in [6.45, 7) is 6.87. The Labute approximate surface area is 99.8 Å². The van der Waals surface area contributed by atoms with Crippen molar-refractivity contribution in [3.8, 4) is 0 Å². The molecular formula is C11H16N4O2. The molecule has 1 aromatic rings. The van der Waals surface area contributed by atoms with Crippen molar-refractivity contribution in [3.05, 3.63) is 28.4 Å². The lowest BCUT2D eigenvalue weighted by Crippen LogP contribution is -2.57. The van der Waals surface area contributed by atoms with Crippen LogP contribution in [0.5, 0.6) is 0 Å². The number of rotatable bonds is 2. The molecule has 2 rings (SSSR count). The van der Waals surface area contributed by atoms with Gasteiger partial charge in [0.1, 0.15) is 12.0 Å². The molecule has 1 aromatic heterocycles. The van der Waals surface area contributed by atoms with Gasteiger partial charge in [-0.15, -0.1) is 0 Å². The fraction of sp³-hybridized carbons (Fsp3) is 0.545. The molecule has 0 aromatic carbocycles. The van der Waals surface area contributed by atoms with Gasteiger partial charge in [-0.25, -0.2) is 4.98 Å². The quantitative estimate of drug-likeness (QED) is 0.616. The maximum atomic E-state index is 10.5. The summed E-state index contributed by atoms with van der Waals surface area (Å²) in [4.78, 5) is 16.4. The number of piperazine rings is 1. The van der Waals surface area contributed by atoms with Crippen LogP contribution in [0.1, 0.15) is 13.8 Å². The van der Waals surface area contributed by atoms with Gasteiger partial charge in [-0.3, -0.25) is 10.1 Å². The highest BCUT2D eigenvalue weighted by atomic mass is 16.6. The smallest absolute Gasteiger partial charge is 0.287 e. The predicted molar refractivity (Wildman–Crippen MR) is 65.2 cm³/mol. The highest BCUT2D eigenvalue weighted by molar-refractivity contribution is 5.43. The Balaban J connectivity index is 2.14. The third-order valence-corrected chi connectivity index (χ3v) is 2.84. The lowest BCUT2D eigenvalue weighted by Gasteiger charge is -2.39. The summed E-state index contributed by atoms with van der Waals surface area (Å²) in [5, 5.41) is 13.9. The van der Waals surface area contributed by atoms with Gasteiger partial charge in [-0.2, -0.15) is 0 Å². The van der Waals surface area contributed by atoms with Gasteiger partial charge in [-0.1, -0.05) is 0 Å². The maximum absolute atomic E-state index is 10.5. The van der Waals surface area contributed by atoms with E-state index in [0.717, 1.165) is 25.5 Å². The first-order valence-electron chi connectivity index (χ1n) is 5.58. The van der Waals surface area contributed by atoms with Gasteiger partial charge in [0.15, 0.2) is 0 Å². The molecular weight excluding hydrogens is 220 g/mol. The number of hydrogen-bond acceptors (Lipinski definition) is 5. The van der Waals surface area contributed by atoms with Gasteiger partial charge >= 0.3 is 0 Å². The number of anilines is 1. The standard InChI is InChI=1S/C11H16N4O2/c1-11(2)8-14(6-5-13-11)10-4-3-9(7-12-10)15(16)17/h3-4,7,13H,5-6,8H2,1-2H3. The first-order chi connectivity index (χ1) is 7.98. The summed E-state index contributed by atoms with van der Waals surface area (Å²) in [5.41, 5.74) is 0.0740. The molecule has 0 spiro atoms. The van der Waals surface area contributed by atoms with Gasteiger partial charge < -0.3 is 10.2 Å². The Morgan fingerprint density at radius 3 is 2.82 bits per heavy atom. The molecule has 0 saturated carbocycles. The molecule has 0 radical (unpaired) electrons. The summed E-state index contributed by atoms with van der Waals surface area (Å²) in [6.07, 6.45) is 1.31. The van der Waals surface area contributed by atoms with Crippen molar-refractivity contribution in [2.45, 2.75) is 19.4 Å². The van der Waals surface area contributed by atoms with Crippen molar-refractivity contribution >= 4 is 11.5 Å². The molecule has 0 aliphatic carbocycles. The summed E-state index contributed by atoms with van der Waals surface area (Å²) in [6, 6.07) is 3.21. The molecule has 0 atom stereocenters. The summed E-state index contributed by atoms with van der Waals surface area (Å²) in [5.74, 6) is 0.796. The molecule has 1 aliphatic rings. The zero-order valence-corrected chi connectivity index (χ0v) is 10.0. The lowest BCUT2D eigenvalue weighted by molar-refractivity contribution is -0.385. The number of aromatic nitrogens is 1. The van der Waals surface area contributed by atoms with Gasteiger partial charge in [0.2, 0.25) is 0 Å². The molecule has 1 fully saturated rings. The number of pyridine rings is 1. The van der Waals surface area contributed by atoms with Crippen LogP contribution in [0.3, 0.4) is 0 Å². The van der Waals surface area contributed by atoms with Crippen LogP contribution in [0.4, 0.5) is 11.5 Å². The van der Waals surface area contributed by atoms with Crippen molar-refractivity contribution in [1.82, 2.24) is 10.3 Å². The molecule has 0 bridgehead atoms. The van der Waals surface area contributed by atoms with Crippen LogP contribution < -0.4 is 10.2 Å². The van der Waals surface area contributed by atoms with Crippen LogP contribution in [0.15, 0.2) is 18.3 Å². The Kier molecular flexibility index (Phi) is 2.97. The zero-order valence-electron chi connectivity index (χ0n) is 10.0. The average Bonchev–Trinajstić information content (AvgIpc) is 2.28. The summed E-state index contributed by atoms with van der Waals surface area (Å²) >= 11 is 0. The predicted octanol–water partition coefficient (Wildman–Crippen LogP) is 1.18. The van der Waals surface area contributed by atoms with Gasteiger partial charge in [0, 0.05) is 31.2 Å². The number of hydrogen-bond donors (Lipinski definition) is 1. The van der Waals surface area contributed by atoms with E-state index in [9.17, 15) is 10.1 Å². The van der Waals surface area contributed by atoms with Crippen LogP contribution in [0.25, 0.3) is 0 Å². The van der Waals surface area contributed by atoms with Crippen molar-refractivity contribution in [2.24, 2.45) is 0 Å². The minimum absolute atomic E-state index is 0.0307. The van der Waals surface area contributed by atoms with Crippen molar-refractivity contribution < 1.29 is 4.92 Å². The fourth-order valence-corrected chi connectivity index (χ4v) is 2.01. The van der Waals surface area contributed by atoms with Gasteiger partial charge in [0.25, 0.3) is 5.69 Å². The van der Waals surface area contributed by atoms with E-state index in [2.05, 4.69) is 29.0 Å². The summed E-state index contributed by atoms with van der Waals surface area (Å²) < 4.78 is 0. The van der Waals surface area contributed by atoms with E-state index in [1.807, 2.05) is 0 Å².